The second-order valence-corrected chi connectivity index (χ2v) is 28.6. The molecular formula is C76H54BClN15O31. The van der Waals surface area contributed by atoms with Crippen LogP contribution in [0.15, 0.2) is 123 Å². The number of ether oxygens (including phenoxy) is 4. The number of fused-ring (bicyclic) bond motifs is 16. The molecule has 4 atom stereocenters. The van der Waals surface area contributed by atoms with Crippen LogP contribution in [-0.4, -0.2) is 144 Å². The molecule has 0 spiro atoms. The van der Waals surface area contributed by atoms with E-state index in [-0.39, 0.29) is 72.8 Å². The van der Waals surface area contributed by atoms with Gasteiger partial charge in [0.25, 0.3) is 63.1 Å². The van der Waals surface area contributed by atoms with Gasteiger partial charge in [0.05, 0.1) is 144 Å². The van der Waals surface area contributed by atoms with Crippen molar-refractivity contribution in [1.29, 1.82) is 0 Å². The van der Waals surface area contributed by atoms with Gasteiger partial charge in [0.15, 0.2) is 0 Å². The first kappa shape index (κ1) is 84.1. The van der Waals surface area contributed by atoms with Crippen molar-refractivity contribution in [2.75, 3.05) is 14.1 Å². The van der Waals surface area contributed by atoms with Gasteiger partial charge >= 0.3 is 31.4 Å². The number of benzene rings is 6. The highest BCUT2D eigenvalue weighted by Crippen LogP contribution is 2.53. The van der Waals surface area contributed by atoms with Crippen molar-refractivity contribution in [3.05, 3.63) is 266 Å². The highest BCUT2D eigenvalue weighted by Gasteiger charge is 2.54. The number of nitro benzene ring substituents is 8. The Morgan fingerprint density at radius 2 is 0.927 bits per heavy atom. The summed E-state index contributed by atoms with van der Waals surface area (Å²) in [5, 5.41) is 116. The predicted octanol–water partition coefficient (Wildman–Crippen LogP) is 8.81. The van der Waals surface area contributed by atoms with Crippen LogP contribution < -0.4 is 16.6 Å². The van der Waals surface area contributed by atoms with Crippen molar-refractivity contribution in [3.63, 3.8) is 0 Å². The molecule has 16 rings (SSSR count). The number of halogens is 1. The molecule has 6 aromatic carbocycles. The number of non-ortho nitro benzene ring substituents is 4. The molecule has 0 amide bonds. The van der Waals surface area contributed by atoms with Crippen LogP contribution in [-0.2, 0) is 101 Å². The van der Waals surface area contributed by atoms with Gasteiger partial charge in [-0.2, -0.15) is 0 Å². The molecule has 0 unspecified atom stereocenters. The van der Waals surface area contributed by atoms with Crippen LogP contribution in [0.5, 0.6) is 5.75 Å². The molecule has 1 radical (unpaired) electrons. The minimum absolute atomic E-state index is 0. The summed E-state index contributed by atoms with van der Waals surface area (Å²) in [5.74, 6) is -4.49. The molecule has 6 aliphatic rings. The van der Waals surface area contributed by atoms with Gasteiger partial charge in [-0.15, -0.1) is 12.4 Å². The molecule has 0 saturated heterocycles. The number of carbonyl (C=O) groups is 5. The molecule has 8 heterocycles. The lowest BCUT2D eigenvalue weighted by atomic mass is 9.85. The first-order valence-corrected chi connectivity index (χ1v) is 36.3. The summed E-state index contributed by atoms with van der Waals surface area (Å²) in [5.41, 5.74) is -12.6. The maximum atomic E-state index is 14.1. The molecule has 1 N–H and O–H groups in total. The van der Waals surface area contributed by atoms with Crippen LogP contribution in [0.2, 0.25) is 0 Å². The summed E-state index contributed by atoms with van der Waals surface area (Å²) in [7, 11) is 4.95. The van der Waals surface area contributed by atoms with Crippen molar-refractivity contribution in [2.45, 2.75) is 96.8 Å². The van der Waals surface area contributed by atoms with E-state index in [1.54, 1.807) is 24.3 Å². The van der Waals surface area contributed by atoms with E-state index < -0.39 is 212 Å². The average molecular weight is 1720 g/mol. The Balaban J connectivity index is 0.000000200. The number of nitro groups is 8. The van der Waals surface area contributed by atoms with Gasteiger partial charge in [-0.1, -0.05) is 36.3 Å². The summed E-state index contributed by atoms with van der Waals surface area (Å²) >= 11 is 0. The minimum Gasteiger partial charge on any atom is -0.535 e. The number of phenols is 1. The zero-order chi connectivity index (χ0) is 88.3. The summed E-state index contributed by atoms with van der Waals surface area (Å²) in [4.78, 5) is 204. The number of aromatic nitrogens is 4. The molecule has 46 nitrogen and oxygen atoms in total. The highest BCUT2D eigenvalue weighted by atomic mass is 35.5. The second-order valence-electron chi connectivity index (χ2n) is 28.6. The zero-order valence-corrected chi connectivity index (χ0v) is 65.2. The summed E-state index contributed by atoms with van der Waals surface area (Å²) < 4.78 is 30.1. The van der Waals surface area contributed by atoms with Crippen molar-refractivity contribution in [1.82, 2.24) is 24.0 Å². The molecule has 0 saturated carbocycles. The van der Waals surface area contributed by atoms with E-state index in [4.69, 9.17) is 43.2 Å². The Morgan fingerprint density at radius 1 is 0.548 bits per heavy atom. The number of cyclic esters (lactones) is 2. The molecule has 124 heavy (non-hydrogen) atoms. The third-order valence-corrected chi connectivity index (χ3v) is 21.4. The van der Waals surface area contributed by atoms with Crippen LogP contribution in [0, 0.1) is 80.9 Å². The summed E-state index contributed by atoms with van der Waals surface area (Å²) in [6, 6.07) is 20.4. The van der Waals surface area contributed by atoms with Gasteiger partial charge in [0.2, 0.25) is 23.4 Å². The molecule has 48 heteroatoms. The number of carbonyl (C=O) groups excluding carboxylic acids is 5. The first-order valence-electron chi connectivity index (χ1n) is 36.3. The van der Waals surface area contributed by atoms with Crippen molar-refractivity contribution >= 4 is 134 Å². The molecular weight excluding hydrogens is 1670 g/mol. The van der Waals surface area contributed by atoms with Gasteiger partial charge in [0, 0.05) is 91.7 Å². The number of esters is 4. The van der Waals surface area contributed by atoms with E-state index in [0.717, 1.165) is 38.1 Å². The largest absolute Gasteiger partial charge is 0.535 e. The Bertz CT molecular complexity index is 6640. The molecule has 4 aliphatic heterocycles. The zero-order valence-electron chi connectivity index (χ0n) is 64.4. The smallest absolute Gasteiger partial charge is 0.412 e. The van der Waals surface area contributed by atoms with Crippen LogP contribution in [0.3, 0.4) is 0 Å². The normalized spacial score (nSPS) is 15.8. The number of nitrogens with zero attached hydrogens (tertiary/aromatic N) is 15. The minimum atomic E-state index is -2.22. The molecule has 629 valence electrons. The first-order chi connectivity index (χ1) is 58.4. The number of hydrogen-bond acceptors (Lipinski definition) is 36. The lowest BCUT2D eigenvalue weighted by Crippen LogP contribution is -2.48. The highest BCUT2D eigenvalue weighted by molar-refractivity contribution is 6.48. The van der Waals surface area contributed by atoms with Gasteiger partial charge < -0.3 is 52.4 Å². The fourth-order valence-corrected chi connectivity index (χ4v) is 15.7. The fourth-order valence-electron chi connectivity index (χ4n) is 15.7. The molecule has 0 fully saturated rings. The van der Waals surface area contributed by atoms with Crippen molar-refractivity contribution < 1.29 is 102 Å². The predicted molar refractivity (Wildman–Crippen MR) is 425 cm³/mol. The lowest BCUT2D eigenvalue weighted by Gasteiger charge is -2.36. The van der Waals surface area contributed by atoms with E-state index >= 15 is 0 Å². The lowest BCUT2D eigenvalue weighted by molar-refractivity contribution is -0.395. The number of hydrogen-bond donors (Lipinski definition) is 1. The molecule has 2 aliphatic carbocycles. The Kier molecular flexibility index (Phi) is 21.3. The Hall–Kier alpha value is -16.4. The van der Waals surface area contributed by atoms with Crippen LogP contribution in [0.4, 0.5) is 45.5 Å². The fraction of sp³-hybridized carbons (Fsp3) is 0.224. The Labute approximate surface area is 695 Å². The van der Waals surface area contributed by atoms with Gasteiger partial charge in [-0.05, 0) is 88.7 Å². The van der Waals surface area contributed by atoms with Gasteiger partial charge in [-0.3, -0.25) is 95.3 Å². The van der Waals surface area contributed by atoms with Gasteiger partial charge in [-0.25, -0.2) is 29.1 Å². The van der Waals surface area contributed by atoms with Crippen molar-refractivity contribution in [3.8, 4) is 50.8 Å². The van der Waals surface area contributed by atoms with Crippen LogP contribution in [0.1, 0.15) is 102 Å². The number of phenolic OH excluding ortho intramolecular Hbond substituents is 1. The van der Waals surface area contributed by atoms with Crippen LogP contribution in [0.25, 0.3) is 66.8 Å². The number of oxime groups is 2. The quantitative estimate of drug-likeness (QED) is 0.0156. The monoisotopic (exact) mass is 1720 g/mol. The second kappa shape index (κ2) is 31.4. The van der Waals surface area contributed by atoms with Crippen molar-refractivity contribution in [2.24, 2.45) is 10.3 Å². The molecule has 0 bridgehead atoms. The number of pyridine rings is 4. The average Bonchev–Trinajstić information content (AvgIpc) is 1.51. The summed E-state index contributed by atoms with van der Waals surface area (Å²) in [6.45, 7) is 5.21. The standard InChI is InChI=1S/C39H30N8O15.C37H23BN7O16.ClH/c1-5-39(26-13-30-34-18(14-43(30)36(49)25(26)16-60-38(39)51)8-21-24(15-42(3)4)31(48)7-6-27(21)40-34)61-37(50)17(2)62-41-35-22-9-19(44(52)53)11-28(46(56)57)32(22)33-23(35)10-20(45(54)55)12-29(33)47(58)59;1-3-37(25-12-29-32-18(13-41(29)34(47)24(25)14-58-36(37)49)6-17-7-19(38-59-15-46)4-5-26(17)39-32)60-35(48)16(2)61-40-33-22-8-20(42(50)51)10-27(44(54)55)30(22)31-23(33)9-21(43(52)53)11-28(31)45(56)57;/h6-13,17,48H,5,14-16H2,1-4H3;4-12,15-16H,3,13-14H2,1-2H3;1H/t17-,39+;16-,37+;/m11./s1. The molecule has 10 aromatic rings. The van der Waals surface area contributed by atoms with E-state index in [0.29, 0.717) is 97.5 Å². The SMILES string of the molecule is CC[C@@]1(OC(=O)[C@@H](C)ON=C2c3cc([N+](=O)[O-])cc([N+](=O)[O-])c3-c3c2cc([N+](=O)[O-])cc3[N+](=O)[O-])C(=O)OCc2c1cc1n(c2=O)Cc2cc3c(CN(C)C)c(O)ccc3nc2-1.CC[C@@]1(OC(=O)[C@@H](C)ON=C2c3cc([N+](=O)[O-])cc([N+](=O)[O-])c3-c3c2cc([N+](=O)[O-])cc3[N+](=O)[O-])C(=O)OCc2c1cc1n(c2=O)Cc2cc3cc([B]OC=O)ccc3nc2-1.Cl. The van der Waals surface area contributed by atoms with Gasteiger partial charge in [0.1, 0.15) is 30.4 Å². The van der Waals surface area contributed by atoms with Crippen LogP contribution >= 0.6 is 12.4 Å². The number of rotatable bonds is 23. The topological polar surface area (TPSA) is 613 Å². The van der Waals surface area contributed by atoms with E-state index in [9.17, 15) is 120 Å². The third kappa shape index (κ3) is 13.8. The Morgan fingerprint density at radius 3 is 1.29 bits per heavy atom. The maximum absolute atomic E-state index is 14.1. The number of aromatic hydroxyl groups is 1. The summed E-state index contributed by atoms with van der Waals surface area (Å²) in [6.07, 6.45) is -4.04. The third-order valence-electron chi connectivity index (χ3n) is 21.4. The van der Waals surface area contributed by atoms with E-state index in [1.165, 1.54) is 48.7 Å². The van der Waals surface area contributed by atoms with E-state index in [1.807, 2.05) is 31.1 Å². The molecule has 4 aromatic heterocycles. The maximum Gasteiger partial charge on any atom is 0.412 e. The van der Waals surface area contributed by atoms with E-state index in [2.05, 4.69) is 10.3 Å².